The maximum atomic E-state index is 13.3. The third-order valence-corrected chi connectivity index (χ3v) is 7.95. The fourth-order valence-corrected chi connectivity index (χ4v) is 5.70. The zero-order valence-corrected chi connectivity index (χ0v) is 25.9. The highest BCUT2D eigenvalue weighted by Crippen LogP contribution is 2.44. The van der Waals surface area contributed by atoms with Gasteiger partial charge in [0.05, 0.1) is 35.8 Å². The summed E-state index contributed by atoms with van der Waals surface area (Å²) in [5.74, 6) is -0.124. The van der Waals surface area contributed by atoms with E-state index in [1.807, 2.05) is 44.0 Å². The number of aryl methyl sites for hydroxylation is 1. The summed E-state index contributed by atoms with van der Waals surface area (Å²) < 4.78 is 45.4. The third kappa shape index (κ3) is 9.40. The van der Waals surface area contributed by atoms with Gasteiger partial charge in [-0.15, -0.1) is 0 Å². The first-order chi connectivity index (χ1) is 20.6. The van der Waals surface area contributed by atoms with Crippen molar-refractivity contribution in [1.82, 2.24) is 9.97 Å². The second kappa shape index (κ2) is 14.4. The first-order valence-corrected chi connectivity index (χ1v) is 14.7. The lowest BCUT2D eigenvalue weighted by Crippen LogP contribution is -2.50. The Hall–Kier alpha value is -3.69. The Kier molecular flexibility index (Phi) is 11.4. The van der Waals surface area contributed by atoms with Crippen LogP contribution >= 0.6 is 0 Å². The molecule has 9 nitrogen and oxygen atoms in total. The second-order valence-corrected chi connectivity index (χ2v) is 12.3. The number of nitriles is 1. The highest BCUT2D eigenvalue weighted by molar-refractivity contribution is 5.84. The SMILES string of the molecule is CCC/C=C/N(C[C@]1(C)CC(CN(C(=O)O)c2cnc(C(C)(C)O)cn2)CCC1OCC(F)(F)F)c1cc(C#N)ccc1C. The number of aliphatic hydroxyl groups is 1. The van der Waals surface area contributed by atoms with Gasteiger partial charge in [-0.3, -0.25) is 9.88 Å². The average molecular weight is 618 g/mol. The number of allylic oxidation sites excluding steroid dienone is 1. The van der Waals surface area contributed by atoms with Crippen molar-refractivity contribution < 1.29 is 32.9 Å². The molecule has 1 heterocycles. The van der Waals surface area contributed by atoms with Gasteiger partial charge in [-0.2, -0.15) is 18.4 Å². The Morgan fingerprint density at radius 3 is 2.55 bits per heavy atom. The summed E-state index contributed by atoms with van der Waals surface area (Å²) in [4.78, 5) is 23.8. The van der Waals surface area contributed by atoms with Gasteiger partial charge in [-0.25, -0.2) is 9.78 Å². The fourth-order valence-electron chi connectivity index (χ4n) is 5.70. The largest absolute Gasteiger partial charge is 0.465 e. The second-order valence-electron chi connectivity index (χ2n) is 12.3. The highest BCUT2D eigenvalue weighted by Gasteiger charge is 2.45. The van der Waals surface area contributed by atoms with Crippen molar-refractivity contribution in [3.63, 3.8) is 0 Å². The zero-order chi connectivity index (χ0) is 32.7. The van der Waals surface area contributed by atoms with Crippen molar-refractivity contribution in [2.45, 2.75) is 84.6 Å². The molecule has 1 aromatic carbocycles. The molecule has 2 N–H and O–H groups in total. The summed E-state index contributed by atoms with van der Waals surface area (Å²) in [7, 11) is 0. The van der Waals surface area contributed by atoms with Crippen LogP contribution in [0.2, 0.25) is 0 Å². The van der Waals surface area contributed by atoms with Gasteiger partial charge in [0.25, 0.3) is 0 Å². The van der Waals surface area contributed by atoms with Crippen LogP contribution in [0.3, 0.4) is 0 Å². The number of hydrogen-bond acceptors (Lipinski definition) is 7. The molecule has 0 radical (unpaired) electrons. The predicted molar refractivity (Wildman–Crippen MR) is 161 cm³/mol. The third-order valence-electron chi connectivity index (χ3n) is 7.95. The molecule has 12 heteroatoms. The number of amides is 1. The molecule has 44 heavy (non-hydrogen) atoms. The average Bonchev–Trinajstić information content (AvgIpc) is 2.94. The van der Waals surface area contributed by atoms with E-state index in [0.29, 0.717) is 24.8 Å². The lowest BCUT2D eigenvalue weighted by molar-refractivity contribution is -0.202. The van der Waals surface area contributed by atoms with Gasteiger partial charge in [-0.1, -0.05) is 32.4 Å². The van der Waals surface area contributed by atoms with Gasteiger partial charge in [-0.05, 0) is 70.1 Å². The van der Waals surface area contributed by atoms with Crippen molar-refractivity contribution >= 4 is 17.6 Å². The number of aromatic nitrogens is 2. The summed E-state index contributed by atoms with van der Waals surface area (Å²) in [6.07, 6.45) is 2.88. The van der Waals surface area contributed by atoms with Crippen LogP contribution in [0.5, 0.6) is 0 Å². The molecule has 240 valence electrons. The minimum Gasteiger partial charge on any atom is -0.465 e. The molecule has 0 spiro atoms. The highest BCUT2D eigenvalue weighted by atomic mass is 19.4. The van der Waals surface area contributed by atoms with E-state index < -0.39 is 36.0 Å². The van der Waals surface area contributed by atoms with Crippen LogP contribution in [-0.2, 0) is 10.3 Å². The molecule has 1 fully saturated rings. The number of halogens is 3. The lowest BCUT2D eigenvalue weighted by atomic mass is 9.68. The van der Waals surface area contributed by atoms with Gasteiger partial charge in [0.15, 0.2) is 5.82 Å². The van der Waals surface area contributed by atoms with Gasteiger partial charge < -0.3 is 19.8 Å². The summed E-state index contributed by atoms with van der Waals surface area (Å²) in [6.45, 7) is 7.90. The Bertz CT molecular complexity index is 1340. The molecule has 3 atom stereocenters. The number of carbonyl (C=O) groups is 1. The van der Waals surface area contributed by atoms with E-state index in [9.17, 15) is 33.4 Å². The first-order valence-electron chi connectivity index (χ1n) is 14.7. The molecule has 1 aromatic heterocycles. The first kappa shape index (κ1) is 34.8. The van der Waals surface area contributed by atoms with Crippen molar-refractivity contribution in [2.24, 2.45) is 11.3 Å². The zero-order valence-electron chi connectivity index (χ0n) is 25.9. The molecule has 0 aliphatic heterocycles. The molecular weight excluding hydrogens is 575 g/mol. The van der Waals surface area contributed by atoms with E-state index >= 15 is 0 Å². The number of unbranched alkanes of at least 4 members (excludes halogenated alkanes) is 1. The summed E-state index contributed by atoms with van der Waals surface area (Å²) >= 11 is 0. The Morgan fingerprint density at radius 2 is 1.98 bits per heavy atom. The van der Waals surface area contributed by atoms with E-state index in [2.05, 4.69) is 16.0 Å². The van der Waals surface area contributed by atoms with Crippen LogP contribution in [0.1, 0.15) is 76.6 Å². The van der Waals surface area contributed by atoms with E-state index in [1.165, 1.54) is 12.4 Å². The van der Waals surface area contributed by atoms with Crippen LogP contribution in [-0.4, -0.2) is 58.3 Å². The molecule has 0 bridgehead atoms. The maximum Gasteiger partial charge on any atom is 0.413 e. The van der Waals surface area contributed by atoms with Gasteiger partial charge >= 0.3 is 12.3 Å². The minimum atomic E-state index is -4.50. The van der Waals surface area contributed by atoms with Crippen molar-refractivity contribution in [2.75, 3.05) is 29.5 Å². The molecule has 1 amide bonds. The lowest BCUT2D eigenvalue weighted by Gasteiger charge is -2.47. The van der Waals surface area contributed by atoms with Crippen LogP contribution in [0.4, 0.5) is 29.5 Å². The molecule has 2 unspecified atom stereocenters. The smallest absolute Gasteiger partial charge is 0.413 e. The van der Waals surface area contributed by atoms with Crippen LogP contribution in [0, 0.1) is 29.6 Å². The van der Waals surface area contributed by atoms with Crippen LogP contribution < -0.4 is 9.80 Å². The van der Waals surface area contributed by atoms with E-state index in [-0.39, 0.29) is 30.5 Å². The Balaban J connectivity index is 1.95. The van der Waals surface area contributed by atoms with E-state index in [0.717, 1.165) is 29.0 Å². The van der Waals surface area contributed by atoms with E-state index in [1.54, 1.807) is 26.0 Å². The topological polar surface area (TPSA) is 123 Å². The normalized spacial score (nSPS) is 20.8. The monoisotopic (exact) mass is 617 g/mol. The number of anilines is 2. The Morgan fingerprint density at radius 1 is 1.25 bits per heavy atom. The minimum absolute atomic E-state index is 0.0576. The van der Waals surface area contributed by atoms with Crippen molar-refractivity contribution in [3.05, 3.63) is 59.7 Å². The van der Waals surface area contributed by atoms with Crippen LogP contribution in [0.15, 0.2) is 42.9 Å². The number of rotatable bonds is 12. The van der Waals surface area contributed by atoms with Gasteiger partial charge in [0.2, 0.25) is 0 Å². The standard InChI is InChI=1S/C32H42F3N5O4/c1-6-7-8-13-39(25-14-23(16-36)10-9-22(25)2)20-31(5)15-24(11-12-27(31)44-21-32(33,34)35)19-40(29(41)42)28-18-37-26(17-38-28)30(3,4)43/h8-10,13-14,17-18,24,27,43H,6-7,11-12,15,19-21H2,1-5H3,(H,41,42)/b13-8+/t24?,27?,31-/m0/s1. The summed E-state index contributed by atoms with van der Waals surface area (Å²) in [6, 6.07) is 7.48. The van der Waals surface area contributed by atoms with Gasteiger partial charge in [0, 0.05) is 30.4 Å². The number of carboxylic acid groups (broad SMARTS) is 1. The molecule has 1 aliphatic carbocycles. The van der Waals surface area contributed by atoms with E-state index in [4.69, 9.17) is 4.74 Å². The molecule has 1 saturated carbocycles. The van der Waals surface area contributed by atoms with Crippen molar-refractivity contribution in [3.8, 4) is 6.07 Å². The number of benzene rings is 1. The van der Waals surface area contributed by atoms with Crippen molar-refractivity contribution in [1.29, 1.82) is 5.26 Å². The molecule has 0 saturated heterocycles. The number of hydrogen-bond donors (Lipinski definition) is 2. The Labute approximate surface area is 257 Å². The summed E-state index contributed by atoms with van der Waals surface area (Å²) in [5.41, 5.74) is 0.347. The molecule has 3 rings (SSSR count). The quantitative estimate of drug-likeness (QED) is 0.263. The maximum absolute atomic E-state index is 13.3. The fraction of sp³-hybridized carbons (Fsp3) is 0.562. The predicted octanol–water partition coefficient (Wildman–Crippen LogP) is 6.94. The molecule has 2 aromatic rings. The van der Waals surface area contributed by atoms with Gasteiger partial charge in [0.1, 0.15) is 12.2 Å². The van der Waals surface area contributed by atoms with Crippen LogP contribution in [0.25, 0.3) is 0 Å². The summed E-state index contributed by atoms with van der Waals surface area (Å²) in [5, 5.41) is 29.8. The molecule has 1 aliphatic rings. The number of ether oxygens (including phenoxy) is 1. The number of nitrogens with zero attached hydrogens (tertiary/aromatic N) is 5. The number of alkyl halides is 3. The molecular formula is C32H42F3N5O4.